The van der Waals surface area contributed by atoms with Crippen LogP contribution in [0.1, 0.15) is 18.8 Å². The van der Waals surface area contributed by atoms with Gasteiger partial charge in [-0.2, -0.15) is 4.68 Å². The van der Waals surface area contributed by atoms with Crippen molar-refractivity contribution < 1.29 is 0 Å². The van der Waals surface area contributed by atoms with Crippen molar-refractivity contribution in [1.82, 2.24) is 25.5 Å². The van der Waals surface area contributed by atoms with E-state index in [1.807, 2.05) is 32.2 Å². The van der Waals surface area contributed by atoms with E-state index in [0.717, 1.165) is 15.1 Å². The smallest absolute Gasteiger partial charge is 0.173 e. The van der Waals surface area contributed by atoms with Crippen LogP contribution in [0.15, 0.2) is 18.2 Å². The summed E-state index contributed by atoms with van der Waals surface area (Å²) in [6, 6.07) is 5.70. The molecule has 17 heavy (non-hydrogen) atoms. The van der Waals surface area contributed by atoms with Crippen LogP contribution in [-0.4, -0.2) is 27.3 Å². The van der Waals surface area contributed by atoms with E-state index in [9.17, 15) is 0 Å². The average molecular weight is 364 g/mol. The molecule has 0 fully saturated rings. The van der Waals surface area contributed by atoms with Crippen LogP contribution in [0.3, 0.4) is 0 Å². The van der Waals surface area contributed by atoms with Crippen LogP contribution < -0.4 is 5.32 Å². The van der Waals surface area contributed by atoms with E-state index in [0.29, 0.717) is 5.02 Å². The molecule has 0 aliphatic carbocycles. The van der Waals surface area contributed by atoms with Gasteiger partial charge in [0.25, 0.3) is 0 Å². The summed E-state index contributed by atoms with van der Waals surface area (Å²) in [6.45, 7) is 2.00. The first-order valence-electron chi connectivity index (χ1n) is 5.04. The zero-order valence-corrected chi connectivity index (χ0v) is 12.3. The largest absolute Gasteiger partial charge is 0.311 e. The highest BCUT2D eigenvalue weighted by Crippen LogP contribution is 2.22. The van der Waals surface area contributed by atoms with Crippen LogP contribution in [-0.2, 0) is 0 Å². The molecule has 1 atom stereocenters. The molecule has 0 spiro atoms. The molecular weight excluding hydrogens is 353 g/mol. The molecule has 0 radical (unpaired) electrons. The summed E-state index contributed by atoms with van der Waals surface area (Å²) in [5.41, 5.74) is 0.928. The van der Waals surface area contributed by atoms with Gasteiger partial charge in [-0.25, -0.2) is 0 Å². The Morgan fingerprint density at radius 3 is 2.88 bits per heavy atom. The van der Waals surface area contributed by atoms with E-state index in [4.69, 9.17) is 11.6 Å². The van der Waals surface area contributed by atoms with Gasteiger partial charge in [-0.15, -0.1) is 5.10 Å². The minimum Gasteiger partial charge on any atom is -0.311 e. The maximum atomic E-state index is 5.93. The van der Waals surface area contributed by atoms with Gasteiger partial charge in [-0.05, 0) is 65.2 Å². The summed E-state index contributed by atoms with van der Waals surface area (Å²) in [4.78, 5) is 0. The lowest BCUT2D eigenvalue weighted by Crippen LogP contribution is -2.18. The van der Waals surface area contributed by atoms with Gasteiger partial charge in [0.05, 0.1) is 11.7 Å². The first-order chi connectivity index (χ1) is 8.13. The average Bonchev–Trinajstić information content (AvgIpc) is 2.77. The zero-order chi connectivity index (χ0) is 12.4. The molecule has 0 amide bonds. The number of hydrogen-bond donors (Lipinski definition) is 1. The minimum atomic E-state index is 0.0801. The maximum Gasteiger partial charge on any atom is 0.173 e. The number of halogens is 2. The molecule has 0 aliphatic heterocycles. The van der Waals surface area contributed by atoms with Gasteiger partial charge in [0.15, 0.2) is 5.82 Å². The Labute approximate surface area is 118 Å². The number of benzene rings is 1. The van der Waals surface area contributed by atoms with Crippen molar-refractivity contribution in [2.24, 2.45) is 0 Å². The molecule has 5 nitrogen and oxygen atoms in total. The van der Waals surface area contributed by atoms with Crippen LogP contribution in [0.4, 0.5) is 0 Å². The third-order valence-electron chi connectivity index (χ3n) is 2.45. The second-order valence-electron chi connectivity index (χ2n) is 3.55. The van der Waals surface area contributed by atoms with Gasteiger partial charge in [-0.1, -0.05) is 11.6 Å². The van der Waals surface area contributed by atoms with Gasteiger partial charge in [0.2, 0.25) is 0 Å². The van der Waals surface area contributed by atoms with Crippen molar-refractivity contribution in [3.8, 4) is 5.69 Å². The fourth-order valence-corrected chi connectivity index (χ4v) is 2.52. The Hall–Kier alpha value is -0.730. The van der Waals surface area contributed by atoms with Crippen molar-refractivity contribution >= 4 is 34.2 Å². The van der Waals surface area contributed by atoms with Crippen molar-refractivity contribution in [3.63, 3.8) is 0 Å². The number of nitrogens with zero attached hydrogens (tertiary/aromatic N) is 4. The van der Waals surface area contributed by atoms with Crippen molar-refractivity contribution in [2.45, 2.75) is 13.0 Å². The summed E-state index contributed by atoms with van der Waals surface area (Å²) in [6.07, 6.45) is 0. The zero-order valence-electron chi connectivity index (χ0n) is 9.35. The Bertz CT molecular complexity index is 527. The van der Waals surface area contributed by atoms with E-state index >= 15 is 0 Å². The molecule has 0 bridgehead atoms. The number of hydrogen-bond acceptors (Lipinski definition) is 4. The molecule has 2 rings (SSSR count). The van der Waals surface area contributed by atoms with Crippen LogP contribution >= 0.6 is 34.2 Å². The highest BCUT2D eigenvalue weighted by Gasteiger charge is 2.15. The molecule has 90 valence electrons. The summed E-state index contributed by atoms with van der Waals surface area (Å²) in [5, 5.41) is 15.6. The third kappa shape index (κ3) is 2.58. The highest BCUT2D eigenvalue weighted by atomic mass is 127. The predicted molar refractivity (Wildman–Crippen MR) is 74.4 cm³/mol. The van der Waals surface area contributed by atoms with Crippen molar-refractivity contribution in [1.29, 1.82) is 0 Å². The SMILES string of the molecule is CNC(C)c1nnnn1-c1ccc(Cl)cc1I. The second kappa shape index (κ2) is 5.28. The molecule has 1 N–H and O–H groups in total. The lowest BCUT2D eigenvalue weighted by atomic mass is 10.3. The van der Waals surface area contributed by atoms with Crippen molar-refractivity contribution in [2.75, 3.05) is 7.05 Å². The Kier molecular flexibility index (Phi) is 3.95. The molecule has 1 unspecified atom stereocenters. The molecule has 0 saturated heterocycles. The second-order valence-corrected chi connectivity index (χ2v) is 5.15. The first kappa shape index (κ1) is 12.7. The minimum absolute atomic E-state index is 0.0801. The monoisotopic (exact) mass is 363 g/mol. The van der Waals surface area contributed by atoms with Crippen LogP contribution in [0.5, 0.6) is 0 Å². The lowest BCUT2D eigenvalue weighted by Gasteiger charge is -2.11. The number of rotatable bonds is 3. The summed E-state index contributed by atoms with van der Waals surface area (Å²) >= 11 is 8.15. The Morgan fingerprint density at radius 2 is 2.24 bits per heavy atom. The van der Waals surface area contributed by atoms with Gasteiger partial charge in [0, 0.05) is 8.59 Å². The molecule has 1 heterocycles. The molecule has 0 aliphatic rings. The standard InChI is InChI=1S/C10H11ClIN5/c1-6(13-2)10-14-15-16-17(10)9-4-3-7(11)5-8(9)12/h3-6,13H,1-2H3. The molecule has 0 saturated carbocycles. The topological polar surface area (TPSA) is 55.6 Å². The van der Waals surface area contributed by atoms with Crippen LogP contribution in [0.25, 0.3) is 5.69 Å². The van der Waals surface area contributed by atoms with Gasteiger partial charge in [0.1, 0.15) is 0 Å². The van der Waals surface area contributed by atoms with Crippen LogP contribution in [0.2, 0.25) is 5.02 Å². The number of aromatic nitrogens is 4. The Balaban J connectivity index is 2.50. The highest BCUT2D eigenvalue weighted by molar-refractivity contribution is 14.1. The fraction of sp³-hybridized carbons (Fsp3) is 0.300. The summed E-state index contributed by atoms with van der Waals surface area (Å²) in [5.74, 6) is 0.771. The van der Waals surface area contributed by atoms with E-state index in [-0.39, 0.29) is 6.04 Å². The fourth-order valence-electron chi connectivity index (χ4n) is 1.42. The lowest BCUT2D eigenvalue weighted by molar-refractivity contribution is 0.588. The number of tetrazole rings is 1. The molecular formula is C10H11ClIN5. The third-order valence-corrected chi connectivity index (χ3v) is 3.55. The number of nitrogens with one attached hydrogen (secondary N) is 1. The van der Waals surface area contributed by atoms with Gasteiger partial charge in [-0.3, -0.25) is 0 Å². The van der Waals surface area contributed by atoms with E-state index in [2.05, 4.69) is 43.4 Å². The molecule has 1 aromatic heterocycles. The van der Waals surface area contributed by atoms with Crippen molar-refractivity contribution in [3.05, 3.63) is 32.6 Å². The van der Waals surface area contributed by atoms with Gasteiger partial charge < -0.3 is 5.32 Å². The van der Waals surface area contributed by atoms with Crippen LogP contribution in [0, 0.1) is 3.57 Å². The van der Waals surface area contributed by atoms with Gasteiger partial charge >= 0.3 is 0 Å². The predicted octanol–water partition coefficient (Wildman–Crippen LogP) is 2.20. The summed E-state index contributed by atoms with van der Waals surface area (Å²) < 4.78 is 2.73. The van der Waals surface area contributed by atoms with E-state index < -0.39 is 0 Å². The van der Waals surface area contributed by atoms with E-state index in [1.54, 1.807) is 4.68 Å². The molecule has 7 heteroatoms. The Morgan fingerprint density at radius 1 is 1.47 bits per heavy atom. The molecule has 1 aromatic carbocycles. The maximum absolute atomic E-state index is 5.93. The normalized spacial score (nSPS) is 12.7. The molecule has 2 aromatic rings. The summed E-state index contributed by atoms with van der Waals surface area (Å²) in [7, 11) is 1.87. The van der Waals surface area contributed by atoms with E-state index in [1.165, 1.54) is 0 Å². The first-order valence-corrected chi connectivity index (χ1v) is 6.50. The quantitative estimate of drug-likeness (QED) is 0.850.